The fraction of sp³-hybridized carbons (Fsp3) is 0.353. The Labute approximate surface area is 131 Å². The number of hydrogen-bond donors (Lipinski definition) is 2. The molecule has 1 aromatic carbocycles. The predicted octanol–water partition coefficient (Wildman–Crippen LogP) is 3.37. The number of aromatic nitrogens is 2. The predicted molar refractivity (Wildman–Crippen MR) is 88.4 cm³/mol. The number of benzene rings is 1. The Kier molecular flexibility index (Phi) is 5.09. The smallest absolute Gasteiger partial charge is 0.272 e. The van der Waals surface area contributed by atoms with Crippen LogP contribution in [0.5, 0.6) is 0 Å². The Bertz CT molecular complexity index is 632. The molecule has 5 heteroatoms. The topological polar surface area (TPSA) is 66.9 Å². The molecular weight excluding hydrogens is 276 g/mol. The summed E-state index contributed by atoms with van der Waals surface area (Å²) in [5, 5.41) is 14.1. The molecule has 1 atom stereocenters. The molecule has 2 N–H and O–H groups in total. The Morgan fingerprint density at radius 3 is 2.36 bits per heavy atom. The lowest BCUT2D eigenvalue weighted by atomic mass is 10.1. The van der Waals surface area contributed by atoms with Gasteiger partial charge in [0, 0.05) is 11.7 Å². The van der Waals surface area contributed by atoms with Crippen LogP contribution in [0.2, 0.25) is 0 Å². The van der Waals surface area contributed by atoms with E-state index >= 15 is 0 Å². The van der Waals surface area contributed by atoms with Crippen LogP contribution in [-0.2, 0) is 0 Å². The maximum atomic E-state index is 11.9. The van der Waals surface area contributed by atoms with E-state index in [1.807, 2.05) is 39.8 Å². The van der Waals surface area contributed by atoms with Crippen molar-refractivity contribution in [1.29, 1.82) is 0 Å². The van der Waals surface area contributed by atoms with Gasteiger partial charge in [-0.05, 0) is 62.6 Å². The molecule has 22 heavy (non-hydrogen) atoms. The first-order chi connectivity index (χ1) is 10.5. The summed E-state index contributed by atoms with van der Waals surface area (Å²) in [6.07, 6.45) is 0.880. The lowest BCUT2D eigenvalue weighted by Gasteiger charge is -2.11. The molecule has 0 aliphatic rings. The monoisotopic (exact) mass is 298 g/mol. The molecule has 2 aromatic rings. The number of rotatable bonds is 5. The number of carbonyl (C=O) groups excluding carboxylic acids is 1. The van der Waals surface area contributed by atoms with E-state index in [-0.39, 0.29) is 11.9 Å². The van der Waals surface area contributed by atoms with Gasteiger partial charge in [-0.3, -0.25) is 4.79 Å². The van der Waals surface area contributed by atoms with Crippen molar-refractivity contribution in [3.8, 4) is 0 Å². The zero-order valence-electron chi connectivity index (χ0n) is 13.5. The van der Waals surface area contributed by atoms with Gasteiger partial charge < -0.3 is 10.6 Å². The van der Waals surface area contributed by atoms with Crippen LogP contribution < -0.4 is 10.6 Å². The Hall–Kier alpha value is -2.43. The van der Waals surface area contributed by atoms with Gasteiger partial charge in [0.05, 0.1) is 0 Å². The van der Waals surface area contributed by atoms with E-state index in [1.165, 1.54) is 11.1 Å². The van der Waals surface area contributed by atoms with Crippen molar-refractivity contribution >= 4 is 17.4 Å². The van der Waals surface area contributed by atoms with Crippen molar-refractivity contribution in [3.05, 3.63) is 47.2 Å². The summed E-state index contributed by atoms with van der Waals surface area (Å²) in [6, 6.07) is 9.75. The van der Waals surface area contributed by atoms with Crippen LogP contribution in [0.25, 0.3) is 0 Å². The van der Waals surface area contributed by atoms with Crippen LogP contribution in [0.4, 0.5) is 11.5 Å². The molecule has 0 saturated carbocycles. The van der Waals surface area contributed by atoms with Crippen LogP contribution in [-0.4, -0.2) is 22.1 Å². The lowest BCUT2D eigenvalue weighted by molar-refractivity contribution is 0.0933. The van der Waals surface area contributed by atoms with Crippen LogP contribution >= 0.6 is 0 Å². The van der Waals surface area contributed by atoms with Crippen LogP contribution in [0.1, 0.15) is 41.9 Å². The number of nitrogens with zero attached hydrogens (tertiary/aromatic N) is 2. The summed E-state index contributed by atoms with van der Waals surface area (Å²) in [7, 11) is 0. The van der Waals surface area contributed by atoms with Gasteiger partial charge in [-0.1, -0.05) is 13.0 Å². The van der Waals surface area contributed by atoms with Crippen LogP contribution in [0.3, 0.4) is 0 Å². The Morgan fingerprint density at radius 1 is 1.14 bits per heavy atom. The standard InChI is InChI=1S/C17H22N4O/c1-5-13(4)18-17(22)15-6-7-16(21-20-15)19-14-9-11(2)8-12(3)10-14/h6-10,13H,5H2,1-4H3,(H,18,22)(H,19,21). The van der Waals surface area contributed by atoms with Crippen molar-refractivity contribution in [2.75, 3.05) is 5.32 Å². The summed E-state index contributed by atoms with van der Waals surface area (Å²) in [5.41, 5.74) is 3.65. The first-order valence-electron chi connectivity index (χ1n) is 7.48. The lowest BCUT2D eigenvalue weighted by Crippen LogP contribution is -2.32. The van der Waals surface area contributed by atoms with E-state index < -0.39 is 0 Å². The van der Waals surface area contributed by atoms with Crippen molar-refractivity contribution in [2.45, 2.75) is 40.2 Å². The largest absolute Gasteiger partial charge is 0.348 e. The minimum atomic E-state index is -0.195. The average molecular weight is 298 g/mol. The SMILES string of the molecule is CCC(C)NC(=O)c1ccc(Nc2cc(C)cc(C)c2)nn1. The second-order valence-electron chi connectivity index (χ2n) is 5.59. The number of nitrogens with one attached hydrogen (secondary N) is 2. The van der Waals surface area contributed by atoms with Gasteiger partial charge in [0.1, 0.15) is 0 Å². The normalized spacial score (nSPS) is 11.8. The third-order valence-electron chi connectivity index (χ3n) is 3.38. The fourth-order valence-corrected chi connectivity index (χ4v) is 2.11. The highest BCUT2D eigenvalue weighted by molar-refractivity contribution is 5.92. The van der Waals surface area contributed by atoms with Crippen molar-refractivity contribution in [3.63, 3.8) is 0 Å². The van der Waals surface area contributed by atoms with Gasteiger partial charge in [0.25, 0.3) is 5.91 Å². The Morgan fingerprint density at radius 2 is 1.82 bits per heavy atom. The van der Waals surface area contributed by atoms with Gasteiger partial charge in [-0.2, -0.15) is 0 Å². The second kappa shape index (κ2) is 7.02. The highest BCUT2D eigenvalue weighted by Gasteiger charge is 2.10. The molecule has 2 rings (SSSR count). The molecule has 1 aromatic heterocycles. The number of hydrogen-bond acceptors (Lipinski definition) is 4. The van der Waals surface area contributed by atoms with Crippen LogP contribution in [0.15, 0.2) is 30.3 Å². The molecule has 0 aliphatic heterocycles. The van der Waals surface area contributed by atoms with E-state index in [0.29, 0.717) is 11.5 Å². The molecule has 1 heterocycles. The second-order valence-corrected chi connectivity index (χ2v) is 5.59. The Balaban J connectivity index is 2.07. The molecule has 1 unspecified atom stereocenters. The molecule has 0 fully saturated rings. The summed E-state index contributed by atoms with van der Waals surface area (Å²) >= 11 is 0. The molecule has 0 spiro atoms. The molecule has 0 bridgehead atoms. The van der Waals surface area contributed by atoms with Crippen LogP contribution in [0, 0.1) is 13.8 Å². The summed E-state index contributed by atoms with van der Waals surface area (Å²) in [5.74, 6) is 0.421. The van der Waals surface area contributed by atoms with Crippen molar-refractivity contribution in [1.82, 2.24) is 15.5 Å². The van der Waals surface area contributed by atoms with Gasteiger partial charge in [0.2, 0.25) is 0 Å². The number of amides is 1. The highest BCUT2D eigenvalue weighted by Crippen LogP contribution is 2.17. The van der Waals surface area contributed by atoms with Crippen molar-refractivity contribution in [2.24, 2.45) is 0 Å². The van der Waals surface area contributed by atoms with Crippen molar-refractivity contribution < 1.29 is 4.79 Å². The molecule has 0 radical (unpaired) electrons. The molecule has 0 saturated heterocycles. The van der Waals surface area contributed by atoms with E-state index in [9.17, 15) is 4.79 Å². The number of carbonyl (C=O) groups is 1. The van der Waals surface area contributed by atoms with Gasteiger partial charge in [0.15, 0.2) is 11.5 Å². The van der Waals surface area contributed by atoms with E-state index in [0.717, 1.165) is 12.1 Å². The number of anilines is 2. The van der Waals surface area contributed by atoms with Gasteiger partial charge >= 0.3 is 0 Å². The highest BCUT2D eigenvalue weighted by atomic mass is 16.2. The first-order valence-corrected chi connectivity index (χ1v) is 7.48. The third-order valence-corrected chi connectivity index (χ3v) is 3.38. The molecular formula is C17H22N4O. The van der Waals surface area contributed by atoms with Gasteiger partial charge in [-0.15, -0.1) is 10.2 Å². The van der Waals surface area contributed by atoms with E-state index in [1.54, 1.807) is 12.1 Å². The number of aryl methyl sites for hydroxylation is 2. The maximum absolute atomic E-state index is 11.9. The van der Waals surface area contributed by atoms with E-state index in [2.05, 4.69) is 26.9 Å². The van der Waals surface area contributed by atoms with Gasteiger partial charge in [-0.25, -0.2) is 0 Å². The molecule has 1 amide bonds. The minimum Gasteiger partial charge on any atom is -0.348 e. The molecule has 0 aliphatic carbocycles. The summed E-state index contributed by atoms with van der Waals surface area (Å²) in [6.45, 7) is 8.08. The quantitative estimate of drug-likeness (QED) is 0.888. The zero-order valence-corrected chi connectivity index (χ0v) is 13.5. The zero-order chi connectivity index (χ0) is 16.1. The summed E-state index contributed by atoms with van der Waals surface area (Å²) in [4.78, 5) is 11.9. The first kappa shape index (κ1) is 15.9. The van der Waals surface area contributed by atoms with E-state index in [4.69, 9.17) is 0 Å². The minimum absolute atomic E-state index is 0.127. The maximum Gasteiger partial charge on any atom is 0.272 e. The molecule has 116 valence electrons. The summed E-state index contributed by atoms with van der Waals surface area (Å²) < 4.78 is 0. The average Bonchev–Trinajstić information content (AvgIpc) is 2.46. The third kappa shape index (κ3) is 4.28. The fourth-order valence-electron chi connectivity index (χ4n) is 2.11. The molecule has 5 nitrogen and oxygen atoms in total.